The van der Waals surface area contributed by atoms with Crippen LogP contribution in [0.1, 0.15) is 40.2 Å². The van der Waals surface area contributed by atoms with E-state index in [4.69, 9.17) is 5.73 Å². The van der Waals surface area contributed by atoms with Gasteiger partial charge in [0, 0.05) is 31.4 Å². The molecule has 0 saturated carbocycles. The van der Waals surface area contributed by atoms with Crippen LogP contribution in [0.3, 0.4) is 0 Å². The van der Waals surface area contributed by atoms with Gasteiger partial charge in [0.2, 0.25) is 0 Å². The maximum absolute atomic E-state index is 5.84. The summed E-state index contributed by atoms with van der Waals surface area (Å²) in [5.41, 5.74) is 8.07. The first-order chi connectivity index (χ1) is 12.1. The molecule has 0 aliphatic heterocycles. The Balaban J connectivity index is 2.74. The molecule has 0 aromatic heterocycles. The van der Waals surface area contributed by atoms with Crippen molar-refractivity contribution >= 4 is 5.69 Å². The number of anilines is 1. The van der Waals surface area contributed by atoms with Gasteiger partial charge in [-0.1, -0.05) is 46.8 Å². The minimum atomic E-state index is 0.551. The van der Waals surface area contributed by atoms with Gasteiger partial charge in [0.25, 0.3) is 0 Å². The van der Waals surface area contributed by atoms with E-state index in [0.717, 1.165) is 64.5 Å². The number of nitrogens with two attached hydrogens (primary N) is 1. The number of hydrogen-bond donors (Lipinski definition) is 1. The molecule has 1 atom stereocenters. The molecule has 0 heterocycles. The van der Waals surface area contributed by atoms with Crippen molar-refractivity contribution in [1.29, 1.82) is 0 Å². The fourth-order valence-corrected chi connectivity index (χ4v) is 3.47. The summed E-state index contributed by atoms with van der Waals surface area (Å²) in [6.07, 6.45) is 1.09. The van der Waals surface area contributed by atoms with E-state index in [-0.39, 0.29) is 0 Å². The fourth-order valence-electron chi connectivity index (χ4n) is 3.47. The summed E-state index contributed by atoms with van der Waals surface area (Å²) in [5.74, 6) is 0. The van der Waals surface area contributed by atoms with Gasteiger partial charge in [-0.15, -0.1) is 0 Å². The lowest BCUT2D eigenvalue weighted by Crippen LogP contribution is -2.47. The Kier molecular flexibility index (Phi) is 10.8. The summed E-state index contributed by atoms with van der Waals surface area (Å²) in [6, 6.07) is 8.95. The Bertz CT molecular complexity index is 438. The molecule has 144 valence electrons. The summed E-state index contributed by atoms with van der Waals surface area (Å²) in [5, 5.41) is 0. The first kappa shape index (κ1) is 21.9. The molecular formula is C21H40N4. The van der Waals surface area contributed by atoms with Crippen LogP contribution >= 0.6 is 0 Å². The van der Waals surface area contributed by atoms with Gasteiger partial charge in [0.15, 0.2) is 0 Å². The third-order valence-corrected chi connectivity index (χ3v) is 5.32. The Morgan fingerprint density at radius 1 is 0.760 bits per heavy atom. The molecule has 0 aliphatic rings. The second-order valence-electron chi connectivity index (χ2n) is 6.74. The SMILES string of the molecule is CCN(CC)CCN(CC)CC(Cc1ccc(N)cc1)N(CC)CC. The second kappa shape index (κ2) is 12.3. The highest BCUT2D eigenvalue weighted by atomic mass is 15.2. The third kappa shape index (κ3) is 7.76. The molecule has 25 heavy (non-hydrogen) atoms. The number of hydrogen-bond acceptors (Lipinski definition) is 4. The monoisotopic (exact) mass is 348 g/mol. The van der Waals surface area contributed by atoms with Crippen molar-refractivity contribution < 1.29 is 0 Å². The number of nitrogens with zero attached hydrogens (tertiary/aromatic N) is 3. The smallest absolute Gasteiger partial charge is 0.0314 e. The van der Waals surface area contributed by atoms with Crippen LogP contribution in [-0.2, 0) is 6.42 Å². The lowest BCUT2D eigenvalue weighted by Gasteiger charge is -2.35. The summed E-state index contributed by atoms with van der Waals surface area (Å²) >= 11 is 0. The quantitative estimate of drug-likeness (QED) is 0.555. The van der Waals surface area contributed by atoms with E-state index in [1.54, 1.807) is 0 Å². The molecule has 2 N–H and O–H groups in total. The van der Waals surface area contributed by atoms with E-state index in [2.05, 4.69) is 61.5 Å². The summed E-state index contributed by atoms with van der Waals surface area (Å²) < 4.78 is 0. The zero-order valence-electron chi connectivity index (χ0n) is 17.2. The van der Waals surface area contributed by atoms with Crippen LogP contribution in [0.4, 0.5) is 5.69 Å². The summed E-state index contributed by atoms with van der Waals surface area (Å²) in [6.45, 7) is 20.3. The number of likely N-dealkylation sites (N-methyl/N-ethyl adjacent to an activating group) is 3. The molecule has 0 saturated heterocycles. The minimum Gasteiger partial charge on any atom is -0.399 e. The maximum atomic E-state index is 5.84. The zero-order valence-corrected chi connectivity index (χ0v) is 17.2. The van der Waals surface area contributed by atoms with Crippen LogP contribution < -0.4 is 5.73 Å². The molecule has 4 nitrogen and oxygen atoms in total. The predicted molar refractivity (Wildman–Crippen MR) is 111 cm³/mol. The first-order valence-corrected chi connectivity index (χ1v) is 10.1. The highest BCUT2D eigenvalue weighted by Crippen LogP contribution is 2.13. The van der Waals surface area contributed by atoms with Crippen molar-refractivity contribution in [2.75, 3.05) is 58.1 Å². The van der Waals surface area contributed by atoms with Gasteiger partial charge in [-0.05, 0) is 56.8 Å². The molecular weight excluding hydrogens is 308 g/mol. The average molecular weight is 349 g/mol. The molecule has 1 unspecified atom stereocenters. The molecule has 0 bridgehead atoms. The summed E-state index contributed by atoms with van der Waals surface area (Å²) in [7, 11) is 0. The Labute approximate surface area is 156 Å². The molecule has 1 rings (SSSR count). The molecule has 0 radical (unpaired) electrons. The van der Waals surface area contributed by atoms with E-state index in [1.165, 1.54) is 5.56 Å². The highest BCUT2D eigenvalue weighted by Gasteiger charge is 2.19. The number of rotatable bonds is 13. The number of benzene rings is 1. The lowest BCUT2D eigenvalue weighted by molar-refractivity contribution is 0.139. The van der Waals surface area contributed by atoms with E-state index >= 15 is 0 Å². The van der Waals surface area contributed by atoms with Crippen LogP contribution in [0.5, 0.6) is 0 Å². The maximum Gasteiger partial charge on any atom is 0.0314 e. The molecule has 4 heteroatoms. The Morgan fingerprint density at radius 3 is 1.76 bits per heavy atom. The van der Waals surface area contributed by atoms with Crippen LogP contribution in [0.2, 0.25) is 0 Å². The topological polar surface area (TPSA) is 35.7 Å². The van der Waals surface area contributed by atoms with Crippen molar-refractivity contribution in [3.8, 4) is 0 Å². The average Bonchev–Trinajstić information content (AvgIpc) is 2.64. The van der Waals surface area contributed by atoms with Gasteiger partial charge in [0.05, 0.1) is 0 Å². The van der Waals surface area contributed by atoms with Crippen LogP contribution in [0, 0.1) is 0 Å². The highest BCUT2D eigenvalue weighted by molar-refractivity contribution is 5.39. The fraction of sp³-hybridized carbons (Fsp3) is 0.714. The van der Waals surface area contributed by atoms with Crippen molar-refractivity contribution in [3.63, 3.8) is 0 Å². The molecule has 0 amide bonds. The second-order valence-corrected chi connectivity index (χ2v) is 6.74. The van der Waals surface area contributed by atoms with Gasteiger partial charge in [-0.2, -0.15) is 0 Å². The van der Waals surface area contributed by atoms with E-state index < -0.39 is 0 Å². The normalized spacial score (nSPS) is 13.1. The van der Waals surface area contributed by atoms with Gasteiger partial charge in [0.1, 0.15) is 0 Å². The predicted octanol–water partition coefficient (Wildman–Crippen LogP) is 3.19. The van der Waals surface area contributed by atoms with Crippen molar-refractivity contribution in [3.05, 3.63) is 29.8 Å². The minimum absolute atomic E-state index is 0.551. The van der Waals surface area contributed by atoms with Crippen molar-refractivity contribution in [1.82, 2.24) is 14.7 Å². The zero-order chi connectivity index (χ0) is 18.7. The first-order valence-electron chi connectivity index (χ1n) is 10.1. The van der Waals surface area contributed by atoms with Crippen molar-refractivity contribution in [2.45, 2.75) is 47.1 Å². The van der Waals surface area contributed by atoms with E-state index in [0.29, 0.717) is 6.04 Å². The summed E-state index contributed by atoms with van der Waals surface area (Å²) in [4.78, 5) is 7.71. The largest absolute Gasteiger partial charge is 0.399 e. The molecule has 1 aromatic carbocycles. The van der Waals surface area contributed by atoms with Crippen LogP contribution in [-0.4, -0.2) is 73.1 Å². The van der Waals surface area contributed by atoms with Gasteiger partial charge >= 0.3 is 0 Å². The molecule has 0 spiro atoms. The Morgan fingerprint density at radius 2 is 1.28 bits per heavy atom. The van der Waals surface area contributed by atoms with Gasteiger partial charge in [-0.25, -0.2) is 0 Å². The van der Waals surface area contributed by atoms with Crippen LogP contribution in [0.25, 0.3) is 0 Å². The van der Waals surface area contributed by atoms with E-state index in [1.807, 2.05) is 12.1 Å². The molecule has 0 aliphatic carbocycles. The number of nitrogen functional groups attached to an aromatic ring is 1. The van der Waals surface area contributed by atoms with Gasteiger partial charge in [-0.3, -0.25) is 4.90 Å². The standard InChI is InChI=1S/C21H40N4/c1-6-23(7-2)15-16-24(8-3)18-21(25(9-4)10-5)17-19-11-13-20(22)14-12-19/h11-14,21H,6-10,15-18,22H2,1-5H3. The third-order valence-electron chi connectivity index (χ3n) is 5.32. The lowest BCUT2D eigenvalue weighted by atomic mass is 10.0. The van der Waals surface area contributed by atoms with Gasteiger partial charge < -0.3 is 15.5 Å². The molecule has 0 fully saturated rings. The van der Waals surface area contributed by atoms with Crippen molar-refractivity contribution in [2.24, 2.45) is 0 Å². The van der Waals surface area contributed by atoms with Crippen LogP contribution in [0.15, 0.2) is 24.3 Å². The Hall–Kier alpha value is -1.10. The molecule has 1 aromatic rings. The van der Waals surface area contributed by atoms with E-state index in [9.17, 15) is 0 Å².